The van der Waals surface area contributed by atoms with E-state index in [2.05, 4.69) is 28.4 Å². The van der Waals surface area contributed by atoms with Gasteiger partial charge in [0.2, 0.25) is 5.89 Å². The number of nitrogens with zero attached hydrogens (tertiary/aromatic N) is 2. The number of benzene rings is 1. The number of halogens is 1. The predicted octanol–water partition coefficient (Wildman–Crippen LogP) is 2.96. The summed E-state index contributed by atoms with van der Waals surface area (Å²) in [5, 5.41) is 7.80. The van der Waals surface area contributed by atoms with E-state index in [0.29, 0.717) is 9.79 Å². The monoisotopic (exact) mass is 300 g/mol. The van der Waals surface area contributed by atoms with Crippen LogP contribution in [-0.4, -0.2) is 10.2 Å². The van der Waals surface area contributed by atoms with Crippen molar-refractivity contribution in [2.45, 2.75) is 13.8 Å². The van der Waals surface area contributed by atoms with Crippen LogP contribution in [0.1, 0.15) is 11.1 Å². The van der Waals surface area contributed by atoms with Gasteiger partial charge in [-0.15, -0.1) is 10.2 Å². The maximum Gasteiger partial charge on any atom is 0.278 e. The molecule has 0 aliphatic carbocycles. The van der Waals surface area contributed by atoms with Crippen LogP contribution in [-0.2, 0) is 0 Å². The highest BCUT2D eigenvalue weighted by molar-refractivity contribution is 14.1. The van der Waals surface area contributed by atoms with Crippen LogP contribution in [0.5, 0.6) is 0 Å². The van der Waals surface area contributed by atoms with Crippen molar-refractivity contribution in [3.05, 3.63) is 33.2 Å². The summed E-state index contributed by atoms with van der Waals surface area (Å²) in [4.78, 5) is 0. The molecule has 1 aromatic heterocycles. The van der Waals surface area contributed by atoms with Gasteiger partial charge in [0.15, 0.2) is 0 Å². The van der Waals surface area contributed by atoms with E-state index in [0.717, 1.165) is 11.1 Å². The number of hydrogen-bond acceptors (Lipinski definition) is 3. The molecule has 72 valence electrons. The smallest absolute Gasteiger partial charge is 0.278 e. The third kappa shape index (κ3) is 1.79. The van der Waals surface area contributed by atoms with Gasteiger partial charge in [-0.3, -0.25) is 0 Å². The fourth-order valence-electron chi connectivity index (χ4n) is 1.28. The largest absolute Gasteiger partial charge is 0.412 e. The van der Waals surface area contributed by atoms with Gasteiger partial charge < -0.3 is 4.42 Å². The van der Waals surface area contributed by atoms with Crippen molar-refractivity contribution < 1.29 is 4.42 Å². The van der Waals surface area contributed by atoms with Gasteiger partial charge in [0.25, 0.3) is 3.90 Å². The topological polar surface area (TPSA) is 38.9 Å². The summed E-state index contributed by atoms with van der Waals surface area (Å²) >= 11 is 2.01. The maximum atomic E-state index is 5.37. The Hall–Kier alpha value is -0.910. The molecule has 1 aromatic carbocycles. The van der Waals surface area contributed by atoms with E-state index >= 15 is 0 Å². The van der Waals surface area contributed by atoms with Crippen LogP contribution < -0.4 is 0 Å². The Labute approximate surface area is 95.7 Å². The zero-order valence-electron chi connectivity index (χ0n) is 7.91. The summed E-state index contributed by atoms with van der Waals surface area (Å²) in [6.45, 7) is 4.08. The Bertz CT molecular complexity index is 465. The molecule has 0 aliphatic rings. The van der Waals surface area contributed by atoms with Crippen molar-refractivity contribution in [3.63, 3.8) is 0 Å². The van der Waals surface area contributed by atoms with E-state index in [1.165, 1.54) is 5.56 Å². The SMILES string of the molecule is Cc1ccc(C)c(-c2nnc(I)o2)c1. The lowest BCUT2D eigenvalue weighted by molar-refractivity contribution is 0.536. The second-order valence-electron chi connectivity index (χ2n) is 3.18. The Morgan fingerprint density at radius 3 is 2.64 bits per heavy atom. The normalized spacial score (nSPS) is 10.5. The molecule has 0 unspecified atom stereocenters. The summed E-state index contributed by atoms with van der Waals surface area (Å²) < 4.78 is 5.94. The van der Waals surface area contributed by atoms with E-state index in [-0.39, 0.29) is 0 Å². The lowest BCUT2D eigenvalue weighted by Gasteiger charge is -2.01. The first-order valence-electron chi connectivity index (χ1n) is 4.23. The van der Waals surface area contributed by atoms with Crippen LogP contribution >= 0.6 is 22.6 Å². The second-order valence-corrected chi connectivity index (χ2v) is 4.10. The van der Waals surface area contributed by atoms with E-state index in [9.17, 15) is 0 Å². The van der Waals surface area contributed by atoms with Crippen molar-refractivity contribution in [3.8, 4) is 11.5 Å². The van der Waals surface area contributed by atoms with E-state index in [1.807, 2.05) is 36.4 Å². The molecule has 1 heterocycles. The van der Waals surface area contributed by atoms with Crippen LogP contribution in [0.4, 0.5) is 0 Å². The molecule has 4 heteroatoms. The zero-order chi connectivity index (χ0) is 10.1. The predicted molar refractivity (Wildman–Crippen MR) is 61.9 cm³/mol. The Balaban J connectivity index is 2.55. The molecular weight excluding hydrogens is 291 g/mol. The number of rotatable bonds is 1. The zero-order valence-corrected chi connectivity index (χ0v) is 10.1. The highest BCUT2D eigenvalue weighted by atomic mass is 127. The van der Waals surface area contributed by atoms with Crippen molar-refractivity contribution in [2.75, 3.05) is 0 Å². The molecule has 0 amide bonds. The number of aryl methyl sites for hydroxylation is 2. The molecule has 0 bridgehead atoms. The molecule has 0 N–H and O–H groups in total. The van der Waals surface area contributed by atoms with Crippen molar-refractivity contribution in [1.82, 2.24) is 10.2 Å². The fourth-order valence-corrected chi connectivity index (χ4v) is 1.60. The number of aromatic nitrogens is 2. The quantitative estimate of drug-likeness (QED) is 0.760. The molecule has 2 rings (SSSR count). The lowest BCUT2D eigenvalue weighted by Crippen LogP contribution is -1.84. The summed E-state index contributed by atoms with van der Waals surface area (Å²) in [5.74, 6) is 0.593. The van der Waals surface area contributed by atoms with Gasteiger partial charge in [-0.05, 0) is 25.5 Å². The van der Waals surface area contributed by atoms with Gasteiger partial charge in [-0.1, -0.05) is 17.7 Å². The first-order valence-corrected chi connectivity index (χ1v) is 5.31. The van der Waals surface area contributed by atoms with Gasteiger partial charge in [-0.25, -0.2) is 0 Å². The molecule has 3 nitrogen and oxygen atoms in total. The van der Waals surface area contributed by atoms with Gasteiger partial charge in [0, 0.05) is 28.2 Å². The third-order valence-corrected chi connectivity index (χ3v) is 2.46. The molecule has 0 aliphatic heterocycles. The molecule has 2 aromatic rings. The summed E-state index contributed by atoms with van der Waals surface area (Å²) in [5.41, 5.74) is 3.36. The highest BCUT2D eigenvalue weighted by Crippen LogP contribution is 2.23. The number of hydrogen-bond donors (Lipinski definition) is 0. The average molecular weight is 300 g/mol. The lowest BCUT2D eigenvalue weighted by atomic mass is 10.1. The molecule has 0 saturated carbocycles. The molecule has 0 atom stereocenters. The van der Waals surface area contributed by atoms with E-state index in [4.69, 9.17) is 4.42 Å². The second kappa shape index (κ2) is 3.68. The minimum Gasteiger partial charge on any atom is -0.412 e. The van der Waals surface area contributed by atoms with Crippen molar-refractivity contribution in [1.29, 1.82) is 0 Å². The Morgan fingerprint density at radius 2 is 2.00 bits per heavy atom. The Morgan fingerprint density at radius 1 is 1.21 bits per heavy atom. The first-order chi connectivity index (χ1) is 6.66. The molecule has 14 heavy (non-hydrogen) atoms. The molecular formula is C10H9IN2O. The van der Waals surface area contributed by atoms with Crippen LogP contribution in [0.3, 0.4) is 0 Å². The molecule has 0 fully saturated rings. The first kappa shape index (κ1) is 9.64. The van der Waals surface area contributed by atoms with Gasteiger partial charge in [-0.2, -0.15) is 0 Å². The third-order valence-electron chi connectivity index (χ3n) is 2.02. The van der Waals surface area contributed by atoms with Gasteiger partial charge >= 0.3 is 0 Å². The highest BCUT2D eigenvalue weighted by Gasteiger charge is 2.09. The van der Waals surface area contributed by atoms with Crippen molar-refractivity contribution >= 4 is 22.6 Å². The van der Waals surface area contributed by atoms with Gasteiger partial charge in [0.05, 0.1) is 0 Å². The fraction of sp³-hybridized carbons (Fsp3) is 0.200. The van der Waals surface area contributed by atoms with E-state index < -0.39 is 0 Å². The van der Waals surface area contributed by atoms with Crippen LogP contribution in [0.2, 0.25) is 0 Å². The molecule has 0 radical (unpaired) electrons. The minimum atomic E-state index is 0.568. The van der Waals surface area contributed by atoms with E-state index in [1.54, 1.807) is 0 Å². The van der Waals surface area contributed by atoms with Crippen LogP contribution in [0, 0.1) is 17.7 Å². The van der Waals surface area contributed by atoms with Crippen molar-refractivity contribution in [2.24, 2.45) is 0 Å². The summed E-state index contributed by atoms with van der Waals surface area (Å²) in [7, 11) is 0. The molecule has 0 spiro atoms. The summed E-state index contributed by atoms with van der Waals surface area (Å²) in [6.07, 6.45) is 0. The molecule has 0 saturated heterocycles. The van der Waals surface area contributed by atoms with Crippen LogP contribution in [0.25, 0.3) is 11.5 Å². The van der Waals surface area contributed by atoms with Crippen LogP contribution in [0.15, 0.2) is 22.6 Å². The van der Waals surface area contributed by atoms with Gasteiger partial charge in [0.1, 0.15) is 0 Å². The average Bonchev–Trinajstić information content (AvgIpc) is 2.56. The Kier molecular flexibility index (Phi) is 2.54. The summed E-state index contributed by atoms with van der Waals surface area (Å²) in [6, 6.07) is 6.18. The maximum absolute atomic E-state index is 5.37. The standard InChI is InChI=1S/C10H9IN2O/c1-6-3-4-7(2)8(5-6)9-12-13-10(11)14-9/h3-5H,1-2H3. The minimum absolute atomic E-state index is 0.568.